The number of likely N-dealkylation sites (N-methyl/N-ethyl adjacent to an activating group) is 1. The molecule has 3 fully saturated rings. The first kappa shape index (κ1) is 19.4. The molecule has 3 aliphatic heterocycles. The van der Waals surface area contributed by atoms with Gasteiger partial charge in [0.05, 0.1) is 17.5 Å². The van der Waals surface area contributed by atoms with E-state index in [4.69, 9.17) is 0 Å². The number of guanidine groups is 1. The molecular formula is C17H31N5O3S. The van der Waals surface area contributed by atoms with E-state index in [0.29, 0.717) is 25.4 Å². The molecule has 0 saturated carbocycles. The van der Waals surface area contributed by atoms with Crippen molar-refractivity contribution in [2.45, 2.75) is 25.3 Å². The molecule has 0 bridgehead atoms. The summed E-state index contributed by atoms with van der Waals surface area (Å²) in [5.41, 5.74) is 0. The van der Waals surface area contributed by atoms with Gasteiger partial charge in [0, 0.05) is 39.8 Å². The molecule has 1 amide bonds. The lowest BCUT2D eigenvalue weighted by atomic mass is 10.1. The molecule has 26 heavy (non-hydrogen) atoms. The maximum atomic E-state index is 12.7. The van der Waals surface area contributed by atoms with Crippen LogP contribution in [0.2, 0.25) is 0 Å². The molecule has 2 atom stereocenters. The number of rotatable bonds is 3. The summed E-state index contributed by atoms with van der Waals surface area (Å²) in [5, 5.41) is 3.32. The number of amides is 1. The monoisotopic (exact) mass is 385 g/mol. The van der Waals surface area contributed by atoms with Gasteiger partial charge in [0.1, 0.15) is 0 Å². The second-order valence-corrected chi connectivity index (χ2v) is 9.88. The molecule has 0 radical (unpaired) electrons. The van der Waals surface area contributed by atoms with Gasteiger partial charge in [-0.2, -0.15) is 0 Å². The van der Waals surface area contributed by atoms with Crippen LogP contribution in [0.1, 0.15) is 19.3 Å². The Hall–Kier alpha value is -1.35. The summed E-state index contributed by atoms with van der Waals surface area (Å²) < 4.78 is 23.2. The summed E-state index contributed by atoms with van der Waals surface area (Å²) in [6.45, 7) is 4.57. The van der Waals surface area contributed by atoms with Crippen LogP contribution in [-0.4, -0.2) is 106 Å². The van der Waals surface area contributed by atoms with Gasteiger partial charge in [-0.15, -0.1) is 0 Å². The molecule has 3 heterocycles. The molecule has 0 aliphatic carbocycles. The molecule has 9 heteroatoms. The fourth-order valence-corrected chi connectivity index (χ4v) is 6.03. The first-order valence-electron chi connectivity index (χ1n) is 9.54. The number of carbonyl (C=O) groups is 1. The second kappa shape index (κ2) is 8.12. The smallest absolute Gasteiger partial charge is 0.240 e. The summed E-state index contributed by atoms with van der Waals surface area (Å²) in [6, 6.07) is 0.0447. The molecule has 8 nitrogen and oxygen atoms in total. The van der Waals surface area contributed by atoms with Crippen LogP contribution in [0.3, 0.4) is 0 Å². The molecule has 3 saturated heterocycles. The highest BCUT2D eigenvalue weighted by atomic mass is 32.2. The summed E-state index contributed by atoms with van der Waals surface area (Å²) in [4.78, 5) is 23.3. The minimum absolute atomic E-state index is 0.0447. The lowest BCUT2D eigenvalue weighted by Gasteiger charge is -2.38. The van der Waals surface area contributed by atoms with Crippen LogP contribution in [0, 0.1) is 5.92 Å². The summed E-state index contributed by atoms with van der Waals surface area (Å²) >= 11 is 0. The van der Waals surface area contributed by atoms with Crippen LogP contribution < -0.4 is 5.32 Å². The summed E-state index contributed by atoms with van der Waals surface area (Å²) in [6.07, 6.45) is 2.78. The minimum atomic E-state index is -2.85. The third-order valence-electron chi connectivity index (χ3n) is 5.78. The van der Waals surface area contributed by atoms with Crippen molar-refractivity contribution in [3.8, 4) is 0 Å². The number of nitrogens with one attached hydrogen (secondary N) is 1. The molecule has 0 aromatic carbocycles. The molecule has 148 valence electrons. The average molecular weight is 386 g/mol. The number of hydrogen-bond acceptors (Lipinski definition) is 5. The van der Waals surface area contributed by atoms with Crippen LogP contribution >= 0.6 is 0 Å². The van der Waals surface area contributed by atoms with E-state index < -0.39 is 9.84 Å². The van der Waals surface area contributed by atoms with Gasteiger partial charge in [0.25, 0.3) is 0 Å². The Morgan fingerprint density at radius 1 is 1.12 bits per heavy atom. The third-order valence-corrected chi connectivity index (χ3v) is 7.62. The Kier molecular flexibility index (Phi) is 6.06. The van der Waals surface area contributed by atoms with E-state index in [1.807, 2.05) is 11.9 Å². The number of nitrogens with zero attached hydrogens (tertiary/aromatic N) is 4. The van der Waals surface area contributed by atoms with E-state index in [9.17, 15) is 13.2 Å². The first-order valence-corrected chi connectivity index (χ1v) is 11.4. The molecule has 0 aromatic rings. The molecule has 3 aliphatic rings. The highest BCUT2D eigenvalue weighted by Gasteiger charge is 2.33. The zero-order valence-corrected chi connectivity index (χ0v) is 16.7. The molecule has 1 N–H and O–H groups in total. The van der Waals surface area contributed by atoms with Crippen LogP contribution in [-0.2, 0) is 14.6 Å². The Morgan fingerprint density at radius 3 is 2.35 bits per heavy atom. The van der Waals surface area contributed by atoms with Gasteiger partial charge >= 0.3 is 0 Å². The van der Waals surface area contributed by atoms with E-state index >= 15 is 0 Å². The lowest BCUT2D eigenvalue weighted by molar-refractivity contribution is -0.136. The van der Waals surface area contributed by atoms with Crippen molar-refractivity contribution in [1.29, 1.82) is 0 Å². The van der Waals surface area contributed by atoms with Gasteiger partial charge in [-0.25, -0.2) is 8.42 Å². The Morgan fingerprint density at radius 2 is 1.81 bits per heavy atom. The van der Waals surface area contributed by atoms with E-state index in [1.165, 1.54) is 0 Å². The van der Waals surface area contributed by atoms with Crippen LogP contribution in [0.25, 0.3) is 0 Å². The van der Waals surface area contributed by atoms with Gasteiger partial charge < -0.3 is 15.1 Å². The van der Waals surface area contributed by atoms with Gasteiger partial charge in [0.15, 0.2) is 15.8 Å². The second-order valence-electron chi connectivity index (χ2n) is 7.65. The van der Waals surface area contributed by atoms with Crippen molar-refractivity contribution in [3.63, 3.8) is 0 Å². The van der Waals surface area contributed by atoms with E-state index in [2.05, 4.69) is 20.1 Å². The number of sulfone groups is 1. The standard InChI is InChI=1S/C17H31N5O3S/c1-18-17(19-12-14-5-11-26(24,25)13-14)22-9-7-21(8-10-22)16(23)15-4-3-6-20(15)2/h14-15H,3-13H2,1-2H3,(H,18,19). The van der Waals surface area contributed by atoms with Crippen molar-refractivity contribution in [2.75, 3.05) is 64.9 Å². The number of piperazine rings is 1. The maximum absolute atomic E-state index is 12.7. The predicted octanol–water partition coefficient (Wildman–Crippen LogP) is -0.765. The largest absolute Gasteiger partial charge is 0.356 e. The SMILES string of the molecule is CN=C(NCC1CCS(=O)(=O)C1)N1CCN(C(=O)C2CCCN2C)CC1. The van der Waals surface area contributed by atoms with Crippen molar-refractivity contribution >= 4 is 21.7 Å². The van der Waals surface area contributed by atoms with Crippen molar-refractivity contribution in [3.05, 3.63) is 0 Å². The number of carbonyl (C=O) groups excluding carboxylic acids is 1. The van der Waals surface area contributed by atoms with Gasteiger partial charge in [0.2, 0.25) is 5.91 Å². The Bertz CT molecular complexity index is 643. The number of hydrogen-bond donors (Lipinski definition) is 1. The average Bonchev–Trinajstić information content (AvgIpc) is 3.20. The Labute approximate surface area is 156 Å². The molecular weight excluding hydrogens is 354 g/mol. The van der Waals surface area contributed by atoms with Crippen LogP contribution in [0.4, 0.5) is 0 Å². The number of aliphatic imine (C=N–C) groups is 1. The zero-order valence-electron chi connectivity index (χ0n) is 15.9. The molecule has 0 spiro atoms. The fourth-order valence-electron chi connectivity index (χ4n) is 4.17. The van der Waals surface area contributed by atoms with Crippen molar-refractivity contribution in [1.82, 2.24) is 20.0 Å². The van der Waals surface area contributed by atoms with Crippen molar-refractivity contribution < 1.29 is 13.2 Å². The van der Waals surface area contributed by atoms with Crippen LogP contribution in [0.5, 0.6) is 0 Å². The van der Waals surface area contributed by atoms with E-state index in [-0.39, 0.29) is 23.6 Å². The van der Waals surface area contributed by atoms with Crippen LogP contribution in [0.15, 0.2) is 4.99 Å². The Balaban J connectivity index is 1.46. The lowest BCUT2D eigenvalue weighted by Crippen LogP contribution is -2.56. The van der Waals surface area contributed by atoms with E-state index in [1.54, 1.807) is 7.05 Å². The minimum Gasteiger partial charge on any atom is -0.356 e. The molecule has 2 unspecified atom stereocenters. The first-order chi connectivity index (χ1) is 12.4. The highest BCUT2D eigenvalue weighted by molar-refractivity contribution is 7.91. The molecule has 3 rings (SSSR count). The van der Waals surface area contributed by atoms with Crippen molar-refractivity contribution in [2.24, 2.45) is 10.9 Å². The molecule has 0 aromatic heterocycles. The summed E-state index contributed by atoms with van der Waals surface area (Å²) in [7, 11) is 0.931. The maximum Gasteiger partial charge on any atom is 0.240 e. The zero-order chi connectivity index (χ0) is 18.7. The summed E-state index contributed by atoms with van der Waals surface area (Å²) in [5.74, 6) is 1.79. The predicted molar refractivity (Wildman–Crippen MR) is 102 cm³/mol. The van der Waals surface area contributed by atoms with Gasteiger partial charge in [-0.1, -0.05) is 0 Å². The number of likely N-dealkylation sites (tertiary alicyclic amines) is 1. The van der Waals surface area contributed by atoms with Gasteiger partial charge in [-0.3, -0.25) is 14.7 Å². The highest BCUT2D eigenvalue weighted by Crippen LogP contribution is 2.19. The third kappa shape index (κ3) is 4.49. The van der Waals surface area contributed by atoms with E-state index in [0.717, 1.165) is 44.9 Å². The normalized spacial score (nSPS) is 30.0. The topological polar surface area (TPSA) is 85.3 Å². The quantitative estimate of drug-likeness (QED) is 0.508. The van der Waals surface area contributed by atoms with Gasteiger partial charge in [-0.05, 0) is 38.8 Å². The fraction of sp³-hybridized carbons (Fsp3) is 0.882.